The zero-order chi connectivity index (χ0) is 15.8. The molecule has 0 spiro atoms. The summed E-state index contributed by atoms with van der Waals surface area (Å²) in [4.78, 5) is 0. The summed E-state index contributed by atoms with van der Waals surface area (Å²) in [6.45, 7) is 4.41. The lowest BCUT2D eigenvalue weighted by Gasteiger charge is -2.12. The molecule has 0 amide bonds. The van der Waals surface area contributed by atoms with Crippen molar-refractivity contribution in [2.75, 3.05) is 5.32 Å². The van der Waals surface area contributed by atoms with Crippen molar-refractivity contribution in [2.45, 2.75) is 26.7 Å². The lowest BCUT2D eigenvalue weighted by atomic mass is 10.00. The van der Waals surface area contributed by atoms with Crippen LogP contribution in [0, 0.1) is 6.92 Å². The monoisotopic (exact) mass is 299 g/mol. The topological polar surface area (TPSA) is 12.0 Å². The third kappa shape index (κ3) is 2.53. The number of fused-ring (bicyclic) bond motifs is 3. The minimum Gasteiger partial charge on any atom is -0.355 e. The van der Waals surface area contributed by atoms with Gasteiger partial charge in [-0.3, -0.25) is 0 Å². The van der Waals surface area contributed by atoms with E-state index in [-0.39, 0.29) is 0 Å². The van der Waals surface area contributed by atoms with Crippen molar-refractivity contribution in [3.8, 4) is 11.1 Å². The lowest BCUT2D eigenvalue weighted by Crippen LogP contribution is -1.95. The molecular weight excluding hydrogens is 278 g/mol. The largest absolute Gasteiger partial charge is 0.355 e. The molecule has 0 fully saturated rings. The Kier molecular flexibility index (Phi) is 3.42. The average Bonchev–Trinajstić information content (AvgIpc) is 2.93. The molecule has 3 aromatic rings. The van der Waals surface area contributed by atoms with Crippen LogP contribution >= 0.6 is 0 Å². The van der Waals surface area contributed by atoms with E-state index >= 15 is 0 Å². The Morgan fingerprint density at radius 2 is 1.65 bits per heavy atom. The molecule has 1 heteroatoms. The maximum absolute atomic E-state index is 3.55. The van der Waals surface area contributed by atoms with Crippen LogP contribution < -0.4 is 5.32 Å². The molecule has 23 heavy (non-hydrogen) atoms. The van der Waals surface area contributed by atoms with Crippen LogP contribution in [0.5, 0.6) is 0 Å². The molecule has 0 saturated heterocycles. The molecule has 1 N–H and O–H groups in total. The van der Waals surface area contributed by atoms with E-state index in [0.29, 0.717) is 0 Å². The molecule has 114 valence electrons. The summed E-state index contributed by atoms with van der Waals surface area (Å²) in [6.07, 6.45) is 2.13. The van der Waals surface area contributed by atoms with E-state index in [1.165, 1.54) is 39.1 Å². The van der Waals surface area contributed by atoms with Gasteiger partial charge in [0.1, 0.15) is 0 Å². The van der Waals surface area contributed by atoms with E-state index in [0.717, 1.165) is 18.5 Å². The van der Waals surface area contributed by atoms with Gasteiger partial charge in [0, 0.05) is 11.4 Å². The number of nitrogens with one attached hydrogen (secondary N) is 1. The van der Waals surface area contributed by atoms with E-state index in [4.69, 9.17) is 0 Å². The summed E-state index contributed by atoms with van der Waals surface area (Å²) in [5.74, 6) is 0. The Bertz CT molecular complexity index is 863. The van der Waals surface area contributed by atoms with Crippen LogP contribution in [0.1, 0.15) is 29.2 Å². The minimum atomic E-state index is 1.04. The van der Waals surface area contributed by atoms with Crippen LogP contribution in [0.25, 0.3) is 11.1 Å². The lowest BCUT2D eigenvalue weighted by molar-refractivity contribution is 1.13. The molecule has 3 aromatic carbocycles. The molecule has 0 radical (unpaired) electrons. The number of hydrogen-bond donors (Lipinski definition) is 1. The highest BCUT2D eigenvalue weighted by Gasteiger charge is 2.20. The van der Waals surface area contributed by atoms with Crippen molar-refractivity contribution in [1.29, 1.82) is 0 Å². The van der Waals surface area contributed by atoms with Crippen molar-refractivity contribution >= 4 is 11.4 Å². The van der Waals surface area contributed by atoms with E-state index in [9.17, 15) is 0 Å². The molecule has 0 atom stereocenters. The smallest absolute Gasteiger partial charge is 0.0417 e. The first-order valence-electron chi connectivity index (χ1n) is 8.32. The molecule has 0 bridgehead atoms. The van der Waals surface area contributed by atoms with E-state index < -0.39 is 0 Å². The molecule has 1 aliphatic rings. The standard InChI is InChI=1S/C22H21N/c1-3-16-9-10-17-13-18-14-22(23-19-7-5-4-6-8-19)15(2)11-20(18)21(17)12-16/h4-12,14,23H,3,13H2,1-2H3. The second-order valence-electron chi connectivity index (χ2n) is 6.34. The van der Waals surface area contributed by atoms with Crippen LogP contribution in [0.2, 0.25) is 0 Å². The molecule has 0 aromatic heterocycles. The molecule has 4 rings (SSSR count). The van der Waals surface area contributed by atoms with Gasteiger partial charge in [-0.25, -0.2) is 0 Å². The predicted octanol–water partition coefficient (Wildman–Crippen LogP) is 5.87. The maximum Gasteiger partial charge on any atom is 0.0417 e. The zero-order valence-electron chi connectivity index (χ0n) is 13.7. The molecule has 0 saturated carbocycles. The van der Waals surface area contributed by atoms with Crippen molar-refractivity contribution in [3.05, 3.63) is 82.9 Å². The SMILES string of the molecule is CCc1ccc2c(c1)-c1cc(C)c(Nc3ccccc3)cc1C2. The zero-order valence-corrected chi connectivity index (χ0v) is 13.7. The molecule has 0 unspecified atom stereocenters. The number of aryl methyl sites for hydroxylation is 2. The molecule has 1 nitrogen and oxygen atoms in total. The van der Waals surface area contributed by atoms with Crippen LogP contribution in [0.15, 0.2) is 60.7 Å². The second kappa shape index (κ2) is 5.58. The number of benzene rings is 3. The van der Waals surface area contributed by atoms with Crippen LogP contribution in [-0.4, -0.2) is 0 Å². The van der Waals surface area contributed by atoms with Crippen molar-refractivity contribution in [1.82, 2.24) is 0 Å². The first-order chi connectivity index (χ1) is 11.2. The Labute approximate surface area is 138 Å². The van der Waals surface area contributed by atoms with Gasteiger partial charge in [-0.1, -0.05) is 43.3 Å². The molecule has 0 heterocycles. The van der Waals surface area contributed by atoms with Crippen molar-refractivity contribution < 1.29 is 0 Å². The maximum atomic E-state index is 3.55. The molecule has 0 aliphatic heterocycles. The van der Waals surface area contributed by atoms with E-state index in [1.807, 2.05) is 6.07 Å². The van der Waals surface area contributed by atoms with Gasteiger partial charge in [0.2, 0.25) is 0 Å². The Morgan fingerprint density at radius 3 is 2.43 bits per heavy atom. The van der Waals surface area contributed by atoms with Gasteiger partial charge in [0.05, 0.1) is 0 Å². The first-order valence-corrected chi connectivity index (χ1v) is 8.32. The van der Waals surface area contributed by atoms with Gasteiger partial charge in [-0.15, -0.1) is 0 Å². The predicted molar refractivity (Wildman–Crippen MR) is 98.5 cm³/mol. The normalized spacial score (nSPS) is 11.9. The van der Waals surface area contributed by atoms with Gasteiger partial charge in [0.25, 0.3) is 0 Å². The summed E-state index contributed by atoms with van der Waals surface area (Å²) >= 11 is 0. The fraction of sp³-hybridized carbons (Fsp3) is 0.182. The Hall–Kier alpha value is -2.54. The summed E-state index contributed by atoms with van der Waals surface area (Å²) in [5.41, 5.74) is 10.8. The molecule has 1 aliphatic carbocycles. The Balaban J connectivity index is 1.74. The quantitative estimate of drug-likeness (QED) is 0.498. The van der Waals surface area contributed by atoms with E-state index in [2.05, 4.69) is 73.8 Å². The third-order valence-electron chi connectivity index (χ3n) is 4.76. The number of hydrogen-bond acceptors (Lipinski definition) is 1. The second-order valence-corrected chi connectivity index (χ2v) is 6.34. The number of anilines is 2. The van der Waals surface area contributed by atoms with Gasteiger partial charge >= 0.3 is 0 Å². The van der Waals surface area contributed by atoms with Gasteiger partial charge < -0.3 is 5.32 Å². The summed E-state index contributed by atoms with van der Waals surface area (Å²) in [5, 5.41) is 3.55. The van der Waals surface area contributed by atoms with Crippen LogP contribution in [0.3, 0.4) is 0 Å². The van der Waals surface area contributed by atoms with E-state index in [1.54, 1.807) is 0 Å². The van der Waals surface area contributed by atoms with Crippen LogP contribution in [0.4, 0.5) is 11.4 Å². The van der Waals surface area contributed by atoms with Gasteiger partial charge in [0.15, 0.2) is 0 Å². The first kappa shape index (κ1) is 14.1. The third-order valence-corrected chi connectivity index (χ3v) is 4.76. The minimum absolute atomic E-state index is 1.04. The van der Waals surface area contributed by atoms with Crippen molar-refractivity contribution in [3.63, 3.8) is 0 Å². The number of para-hydroxylation sites is 1. The van der Waals surface area contributed by atoms with Crippen molar-refractivity contribution in [2.24, 2.45) is 0 Å². The highest BCUT2D eigenvalue weighted by molar-refractivity contribution is 5.81. The summed E-state index contributed by atoms with van der Waals surface area (Å²) in [6, 6.07) is 22.0. The average molecular weight is 299 g/mol. The van der Waals surface area contributed by atoms with Crippen LogP contribution in [-0.2, 0) is 12.8 Å². The summed E-state index contributed by atoms with van der Waals surface area (Å²) in [7, 11) is 0. The van der Waals surface area contributed by atoms with Gasteiger partial charge in [-0.2, -0.15) is 0 Å². The Morgan fingerprint density at radius 1 is 0.870 bits per heavy atom. The fourth-order valence-corrected chi connectivity index (χ4v) is 3.42. The molecular formula is C22H21N. The highest BCUT2D eigenvalue weighted by atomic mass is 14.9. The fourth-order valence-electron chi connectivity index (χ4n) is 3.42. The number of rotatable bonds is 3. The summed E-state index contributed by atoms with van der Waals surface area (Å²) < 4.78 is 0. The highest BCUT2D eigenvalue weighted by Crippen LogP contribution is 2.40. The van der Waals surface area contributed by atoms with Gasteiger partial charge in [-0.05, 0) is 77.4 Å².